The average Bonchev–Trinajstić information content (AvgIpc) is 2.88. The quantitative estimate of drug-likeness (QED) is 0.833. The molecule has 5 nitrogen and oxygen atoms in total. The molecule has 0 unspecified atom stereocenters. The van der Waals surface area contributed by atoms with Gasteiger partial charge < -0.3 is 5.11 Å². The van der Waals surface area contributed by atoms with E-state index in [2.05, 4.69) is 43.0 Å². The molecule has 2 fully saturated rings. The van der Waals surface area contributed by atoms with Crippen molar-refractivity contribution in [1.82, 2.24) is 9.80 Å². The zero-order valence-corrected chi connectivity index (χ0v) is 15.1. The van der Waals surface area contributed by atoms with E-state index in [9.17, 15) is 14.7 Å². The van der Waals surface area contributed by atoms with Crippen LogP contribution in [0.3, 0.4) is 0 Å². The first-order valence-electron chi connectivity index (χ1n) is 9.27. The Bertz CT molecular complexity index is 612. The number of rotatable bonds is 5. The molecule has 2 aliphatic rings. The number of benzene rings is 1. The van der Waals surface area contributed by atoms with Crippen LogP contribution >= 0.6 is 0 Å². The fraction of sp³-hybridized carbons (Fsp3) is 0.600. The zero-order valence-electron chi connectivity index (χ0n) is 15.1. The number of carbonyl (C=O) groups is 2. The number of hydrogen-bond donors (Lipinski definition) is 1. The van der Waals surface area contributed by atoms with Crippen molar-refractivity contribution < 1.29 is 14.7 Å². The second kappa shape index (κ2) is 7.67. The van der Waals surface area contributed by atoms with E-state index >= 15 is 0 Å². The molecule has 25 heavy (non-hydrogen) atoms. The van der Waals surface area contributed by atoms with Crippen LogP contribution in [0.15, 0.2) is 24.3 Å². The number of carbonyl (C=O) groups excluding carboxylic acids is 2. The van der Waals surface area contributed by atoms with Crippen molar-refractivity contribution in [3.05, 3.63) is 35.4 Å². The monoisotopic (exact) mass is 344 g/mol. The van der Waals surface area contributed by atoms with Crippen molar-refractivity contribution in [2.24, 2.45) is 5.92 Å². The van der Waals surface area contributed by atoms with Gasteiger partial charge in [0.05, 0.1) is 12.6 Å². The summed E-state index contributed by atoms with van der Waals surface area (Å²) >= 11 is 0. The Kier molecular flexibility index (Phi) is 5.54. The van der Waals surface area contributed by atoms with E-state index in [0.717, 1.165) is 13.0 Å². The van der Waals surface area contributed by atoms with E-state index < -0.39 is 6.10 Å². The molecule has 1 N–H and O–H groups in total. The Morgan fingerprint density at radius 3 is 2.40 bits per heavy atom. The van der Waals surface area contributed by atoms with Crippen molar-refractivity contribution in [2.45, 2.75) is 51.7 Å². The highest BCUT2D eigenvalue weighted by Crippen LogP contribution is 2.36. The number of likely N-dealkylation sites (tertiary alicyclic amines) is 2. The topological polar surface area (TPSA) is 60.9 Å². The first-order chi connectivity index (χ1) is 12.0. The second-order valence-corrected chi connectivity index (χ2v) is 7.52. The molecule has 2 heterocycles. The molecule has 1 aromatic carbocycles. The minimum atomic E-state index is -0.704. The molecule has 2 saturated heterocycles. The number of piperidine rings is 1. The third-order valence-electron chi connectivity index (χ3n) is 5.45. The molecule has 3 rings (SSSR count). The van der Waals surface area contributed by atoms with Crippen LogP contribution in [0.2, 0.25) is 0 Å². The molecular weight excluding hydrogens is 316 g/mol. The third-order valence-corrected chi connectivity index (χ3v) is 5.45. The Balaban J connectivity index is 1.69. The summed E-state index contributed by atoms with van der Waals surface area (Å²) < 4.78 is 0. The minimum Gasteiger partial charge on any atom is -0.390 e. The summed E-state index contributed by atoms with van der Waals surface area (Å²) in [5.74, 6) is 0.191. The molecule has 0 aromatic heterocycles. The van der Waals surface area contributed by atoms with E-state index in [1.807, 2.05) is 0 Å². The average molecular weight is 344 g/mol. The molecule has 0 bridgehead atoms. The van der Waals surface area contributed by atoms with Gasteiger partial charge in [-0.1, -0.05) is 36.8 Å². The lowest BCUT2D eigenvalue weighted by atomic mass is 9.85. The van der Waals surface area contributed by atoms with Crippen LogP contribution in [0.1, 0.15) is 49.8 Å². The maximum absolute atomic E-state index is 11.8. The molecule has 1 aromatic rings. The number of imide groups is 1. The van der Waals surface area contributed by atoms with Crippen LogP contribution in [-0.2, 0) is 9.59 Å². The normalized spacial score (nSPS) is 26.3. The summed E-state index contributed by atoms with van der Waals surface area (Å²) in [6, 6.07) is 8.89. The molecule has 0 radical (unpaired) electrons. The van der Waals surface area contributed by atoms with Gasteiger partial charge in [-0.05, 0) is 37.8 Å². The van der Waals surface area contributed by atoms with E-state index in [4.69, 9.17) is 0 Å². The highest BCUT2D eigenvalue weighted by atomic mass is 16.3. The lowest BCUT2D eigenvalue weighted by Gasteiger charge is -2.41. The largest absolute Gasteiger partial charge is 0.390 e. The number of hydrogen-bond acceptors (Lipinski definition) is 4. The van der Waals surface area contributed by atoms with E-state index in [-0.39, 0.29) is 37.2 Å². The molecular formula is C20H28N2O3. The summed E-state index contributed by atoms with van der Waals surface area (Å²) in [6.45, 7) is 5.88. The van der Waals surface area contributed by atoms with Crippen LogP contribution in [0, 0.1) is 12.8 Å². The van der Waals surface area contributed by atoms with Gasteiger partial charge in [0.1, 0.15) is 0 Å². The van der Waals surface area contributed by atoms with Gasteiger partial charge in [-0.25, -0.2) is 0 Å². The lowest BCUT2D eigenvalue weighted by Crippen LogP contribution is -2.46. The summed E-state index contributed by atoms with van der Waals surface area (Å²) in [4.78, 5) is 27.1. The van der Waals surface area contributed by atoms with Crippen LogP contribution in [0.5, 0.6) is 0 Å². The van der Waals surface area contributed by atoms with Crippen LogP contribution in [0.4, 0.5) is 0 Å². The predicted octanol–water partition coefficient (Wildman–Crippen LogP) is 2.28. The van der Waals surface area contributed by atoms with Crippen molar-refractivity contribution >= 4 is 11.8 Å². The number of nitrogens with zero attached hydrogens (tertiary/aromatic N) is 2. The molecule has 0 aliphatic carbocycles. The zero-order chi connectivity index (χ0) is 18.0. The molecule has 2 amide bonds. The fourth-order valence-corrected chi connectivity index (χ4v) is 4.15. The maximum Gasteiger partial charge on any atom is 0.229 e. The predicted molar refractivity (Wildman–Crippen MR) is 95.9 cm³/mol. The highest BCUT2D eigenvalue weighted by molar-refractivity contribution is 6.01. The molecule has 5 heteroatoms. The van der Waals surface area contributed by atoms with Gasteiger partial charge in [0.15, 0.2) is 0 Å². The van der Waals surface area contributed by atoms with E-state index in [0.29, 0.717) is 12.5 Å². The fourth-order valence-electron chi connectivity index (χ4n) is 4.15. The van der Waals surface area contributed by atoms with Gasteiger partial charge in [-0.2, -0.15) is 0 Å². The SMILES string of the molecule is Cc1ccc([C@@H]2[C@H](C)CCCN2C[C@@H](O)CN2C(=O)CCC2=O)cc1. The number of amides is 2. The summed E-state index contributed by atoms with van der Waals surface area (Å²) in [5.41, 5.74) is 2.52. The third kappa shape index (κ3) is 4.10. The standard InChI is InChI=1S/C20H28N2O3/c1-14-5-7-16(8-6-14)20-15(2)4-3-11-21(20)12-17(23)13-22-18(24)9-10-19(22)25/h5-8,15,17,20,23H,3-4,9-13H2,1-2H3/t15-,17-,20+/m1/s1. The van der Waals surface area contributed by atoms with Gasteiger partial charge in [0.25, 0.3) is 0 Å². The first kappa shape index (κ1) is 18.1. The Morgan fingerprint density at radius 1 is 1.12 bits per heavy atom. The summed E-state index contributed by atoms with van der Waals surface area (Å²) in [6.07, 6.45) is 2.13. The Labute approximate surface area is 149 Å². The number of aryl methyl sites for hydroxylation is 1. The lowest BCUT2D eigenvalue weighted by molar-refractivity contribution is -0.140. The smallest absolute Gasteiger partial charge is 0.229 e. The van der Waals surface area contributed by atoms with Crippen molar-refractivity contribution in [2.75, 3.05) is 19.6 Å². The maximum atomic E-state index is 11.8. The van der Waals surface area contributed by atoms with Crippen molar-refractivity contribution in [3.63, 3.8) is 0 Å². The Hall–Kier alpha value is -1.72. The minimum absolute atomic E-state index is 0.114. The van der Waals surface area contributed by atoms with Crippen molar-refractivity contribution in [1.29, 1.82) is 0 Å². The Morgan fingerprint density at radius 2 is 1.76 bits per heavy atom. The number of β-amino-alcohol motifs (C(OH)–C–C–N with tert-alkyl or cyclic N) is 1. The molecule has 3 atom stereocenters. The second-order valence-electron chi connectivity index (χ2n) is 7.52. The molecule has 0 spiro atoms. The molecule has 0 saturated carbocycles. The highest BCUT2D eigenvalue weighted by Gasteiger charge is 2.34. The van der Waals surface area contributed by atoms with Crippen LogP contribution in [0.25, 0.3) is 0 Å². The summed E-state index contributed by atoms with van der Waals surface area (Å²) in [7, 11) is 0. The van der Waals surface area contributed by atoms with Gasteiger partial charge in [0.2, 0.25) is 11.8 Å². The van der Waals surface area contributed by atoms with Crippen molar-refractivity contribution in [3.8, 4) is 0 Å². The molecule has 2 aliphatic heterocycles. The van der Waals surface area contributed by atoms with Gasteiger partial charge in [-0.15, -0.1) is 0 Å². The van der Waals surface area contributed by atoms with E-state index in [1.165, 1.54) is 22.4 Å². The number of aliphatic hydroxyl groups is 1. The number of aliphatic hydroxyl groups excluding tert-OH is 1. The summed E-state index contributed by atoms with van der Waals surface area (Å²) in [5, 5.41) is 10.5. The van der Waals surface area contributed by atoms with Gasteiger partial charge in [-0.3, -0.25) is 19.4 Å². The molecule has 136 valence electrons. The van der Waals surface area contributed by atoms with Gasteiger partial charge >= 0.3 is 0 Å². The van der Waals surface area contributed by atoms with E-state index in [1.54, 1.807) is 0 Å². The first-order valence-corrected chi connectivity index (χ1v) is 9.27. The van der Waals surface area contributed by atoms with Crippen LogP contribution < -0.4 is 0 Å². The van der Waals surface area contributed by atoms with Gasteiger partial charge in [0, 0.05) is 25.4 Å². The van der Waals surface area contributed by atoms with Crippen LogP contribution in [-0.4, -0.2) is 52.5 Å².